The van der Waals surface area contributed by atoms with Crippen molar-refractivity contribution in [2.75, 3.05) is 6.61 Å². The van der Waals surface area contributed by atoms with Crippen molar-refractivity contribution < 1.29 is 19.0 Å². The van der Waals surface area contributed by atoms with E-state index in [0.717, 1.165) is 22.3 Å². The van der Waals surface area contributed by atoms with Gasteiger partial charge in [-0.2, -0.15) is 0 Å². The molecule has 2 aromatic rings. The van der Waals surface area contributed by atoms with Crippen LogP contribution in [0.2, 0.25) is 0 Å². The van der Waals surface area contributed by atoms with Crippen LogP contribution in [-0.4, -0.2) is 24.8 Å². The van der Waals surface area contributed by atoms with Crippen molar-refractivity contribution in [1.29, 1.82) is 0 Å². The van der Waals surface area contributed by atoms with Crippen LogP contribution >= 0.6 is 0 Å². The fourth-order valence-electron chi connectivity index (χ4n) is 3.34. The Morgan fingerprint density at radius 3 is 2.11 bits per heavy atom. The van der Waals surface area contributed by atoms with E-state index >= 15 is 0 Å². The van der Waals surface area contributed by atoms with Gasteiger partial charge in [-0.3, -0.25) is 4.79 Å². The highest BCUT2D eigenvalue weighted by Crippen LogP contribution is 2.32. The number of carbonyl (C=O) groups is 1. The van der Waals surface area contributed by atoms with E-state index in [9.17, 15) is 4.79 Å². The Morgan fingerprint density at radius 2 is 1.52 bits per heavy atom. The molecule has 0 heterocycles. The molecule has 2 aromatic carbocycles. The zero-order valence-electron chi connectivity index (χ0n) is 15.9. The topological polar surface area (TPSA) is 44.8 Å². The summed E-state index contributed by atoms with van der Waals surface area (Å²) in [5.74, 6) is -0.285. The van der Waals surface area contributed by atoms with Gasteiger partial charge in [-0.05, 0) is 29.2 Å². The second-order valence-corrected chi connectivity index (χ2v) is 6.83. The van der Waals surface area contributed by atoms with E-state index in [1.165, 1.54) is 6.92 Å². The third-order valence-corrected chi connectivity index (χ3v) is 4.75. The maximum Gasteiger partial charge on any atom is 0.303 e. The van der Waals surface area contributed by atoms with Crippen LogP contribution in [0.3, 0.4) is 0 Å². The molecule has 0 amide bonds. The van der Waals surface area contributed by atoms with Crippen LogP contribution < -0.4 is 0 Å². The van der Waals surface area contributed by atoms with Crippen LogP contribution in [-0.2, 0) is 32.2 Å². The highest BCUT2D eigenvalue weighted by molar-refractivity contribution is 5.66. The summed E-state index contributed by atoms with van der Waals surface area (Å²) in [6.07, 6.45) is 0.130. The van der Waals surface area contributed by atoms with Crippen LogP contribution in [0.1, 0.15) is 31.4 Å². The summed E-state index contributed by atoms with van der Waals surface area (Å²) in [5, 5.41) is 0. The Bertz CT molecular complexity index is 767. The van der Waals surface area contributed by atoms with Gasteiger partial charge in [0.05, 0.1) is 19.8 Å². The number of esters is 1. The molecule has 0 fully saturated rings. The standard InChI is InChI=1S/C23H26O4/c1-17-21(16-25-14-19-9-5-3-6-10-19)13-22(27-18(2)24)23(17)26-15-20-11-7-4-8-12-20/h3-12,22-23H,13-16H2,1-2H3/t22-,23+/m0/s1. The summed E-state index contributed by atoms with van der Waals surface area (Å²) in [6, 6.07) is 20.1. The summed E-state index contributed by atoms with van der Waals surface area (Å²) < 4.78 is 17.5. The second-order valence-electron chi connectivity index (χ2n) is 6.83. The van der Waals surface area contributed by atoms with Gasteiger partial charge in [-0.1, -0.05) is 60.7 Å². The SMILES string of the molecule is CC(=O)O[C@H]1CC(COCc2ccccc2)=C(C)[C@H]1OCc1ccccc1. The van der Waals surface area contributed by atoms with E-state index in [1.807, 2.05) is 67.6 Å². The number of rotatable bonds is 8. The Hall–Kier alpha value is -2.43. The van der Waals surface area contributed by atoms with Crippen LogP contribution in [0, 0.1) is 0 Å². The Kier molecular flexibility index (Phi) is 6.80. The van der Waals surface area contributed by atoms with Crippen molar-refractivity contribution in [3.63, 3.8) is 0 Å². The zero-order chi connectivity index (χ0) is 19.1. The summed E-state index contributed by atoms with van der Waals surface area (Å²) in [6.45, 7) is 5.04. The largest absolute Gasteiger partial charge is 0.459 e. The number of ether oxygens (including phenoxy) is 3. The smallest absolute Gasteiger partial charge is 0.303 e. The molecule has 4 heteroatoms. The van der Waals surface area contributed by atoms with Gasteiger partial charge < -0.3 is 14.2 Å². The lowest BCUT2D eigenvalue weighted by Crippen LogP contribution is -2.29. The lowest BCUT2D eigenvalue weighted by atomic mass is 10.1. The predicted molar refractivity (Wildman–Crippen MR) is 104 cm³/mol. The van der Waals surface area contributed by atoms with Crippen molar-refractivity contribution in [2.45, 2.75) is 45.7 Å². The van der Waals surface area contributed by atoms with Gasteiger partial charge in [0.2, 0.25) is 0 Å². The molecule has 0 radical (unpaired) electrons. The zero-order valence-corrected chi connectivity index (χ0v) is 15.9. The summed E-state index contributed by atoms with van der Waals surface area (Å²) in [7, 11) is 0. The van der Waals surface area contributed by atoms with Gasteiger partial charge in [0.15, 0.2) is 0 Å². The molecule has 0 saturated heterocycles. The maximum atomic E-state index is 11.5. The first-order valence-electron chi connectivity index (χ1n) is 9.26. The van der Waals surface area contributed by atoms with Crippen LogP contribution in [0.15, 0.2) is 71.8 Å². The van der Waals surface area contributed by atoms with Crippen molar-refractivity contribution in [2.24, 2.45) is 0 Å². The van der Waals surface area contributed by atoms with Gasteiger partial charge in [0, 0.05) is 13.3 Å². The maximum absolute atomic E-state index is 11.5. The van der Waals surface area contributed by atoms with Gasteiger partial charge in [0.25, 0.3) is 0 Å². The summed E-state index contributed by atoms with van der Waals surface area (Å²) in [4.78, 5) is 11.5. The number of carbonyl (C=O) groups excluding carboxylic acids is 1. The quantitative estimate of drug-likeness (QED) is 0.512. The minimum Gasteiger partial charge on any atom is -0.459 e. The number of benzene rings is 2. The molecule has 4 nitrogen and oxygen atoms in total. The lowest BCUT2D eigenvalue weighted by molar-refractivity contribution is -0.152. The molecule has 1 aliphatic rings. The molecule has 0 saturated carbocycles. The van der Waals surface area contributed by atoms with Crippen LogP contribution in [0.5, 0.6) is 0 Å². The molecule has 3 rings (SSSR count). The molecular formula is C23H26O4. The molecule has 0 aromatic heterocycles. The fourth-order valence-corrected chi connectivity index (χ4v) is 3.34. The fraction of sp³-hybridized carbons (Fsp3) is 0.348. The molecule has 0 unspecified atom stereocenters. The molecule has 2 atom stereocenters. The third kappa shape index (κ3) is 5.52. The van der Waals surface area contributed by atoms with Crippen molar-refractivity contribution in [3.8, 4) is 0 Å². The van der Waals surface area contributed by atoms with E-state index in [-0.39, 0.29) is 18.2 Å². The Balaban J connectivity index is 1.61. The minimum atomic E-state index is -0.290. The minimum absolute atomic E-state index is 0.232. The predicted octanol–water partition coefficient (Wildman–Crippen LogP) is 4.44. The number of hydrogen-bond acceptors (Lipinski definition) is 4. The van der Waals surface area contributed by atoms with Gasteiger partial charge in [-0.25, -0.2) is 0 Å². The van der Waals surface area contributed by atoms with E-state index in [0.29, 0.717) is 26.2 Å². The Morgan fingerprint density at radius 1 is 0.926 bits per heavy atom. The van der Waals surface area contributed by atoms with Crippen LogP contribution in [0.4, 0.5) is 0 Å². The average Bonchev–Trinajstić information content (AvgIpc) is 2.96. The molecule has 0 aliphatic heterocycles. The first kappa shape index (κ1) is 19.3. The van der Waals surface area contributed by atoms with Gasteiger partial charge >= 0.3 is 5.97 Å². The number of hydrogen-bond donors (Lipinski definition) is 0. The highest BCUT2D eigenvalue weighted by Gasteiger charge is 2.35. The molecule has 0 bridgehead atoms. The van der Waals surface area contributed by atoms with Crippen molar-refractivity contribution in [3.05, 3.63) is 82.9 Å². The molecule has 1 aliphatic carbocycles. The molecule has 0 spiro atoms. The molecular weight excluding hydrogens is 340 g/mol. The third-order valence-electron chi connectivity index (χ3n) is 4.75. The van der Waals surface area contributed by atoms with Gasteiger partial charge in [-0.15, -0.1) is 0 Å². The monoisotopic (exact) mass is 366 g/mol. The second kappa shape index (κ2) is 9.49. The molecule has 0 N–H and O–H groups in total. The van der Waals surface area contributed by atoms with Crippen molar-refractivity contribution >= 4 is 5.97 Å². The first-order valence-corrected chi connectivity index (χ1v) is 9.26. The van der Waals surface area contributed by atoms with Crippen molar-refractivity contribution in [1.82, 2.24) is 0 Å². The Labute approximate surface area is 160 Å². The summed E-state index contributed by atoms with van der Waals surface area (Å²) in [5.41, 5.74) is 4.49. The lowest BCUT2D eigenvalue weighted by Gasteiger charge is -2.22. The van der Waals surface area contributed by atoms with E-state index < -0.39 is 0 Å². The van der Waals surface area contributed by atoms with E-state index in [1.54, 1.807) is 0 Å². The molecule has 27 heavy (non-hydrogen) atoms. The normalized spacial score (nSPS) is 19.3. The van der Waals surface area contributed by atoms with E-state index in [4.69, 9.17) is 14.2 Å². The van der Waals surface area contributed by atoms with E-state index in [2.05, 4.69) is 0 Å². The molecule has 142 valence electrons. The van der Waals surface area contributed by atoms with Crippen LogP contribution in [0.25, 0.3) is 0 Å². The first-order chi connectivity index (χ1) is 13.1. The highest BCUT2D eigenvalue weighted by atomic mass is 16.6. The summed E-state index contributed by atoms with van der Waals surface area (Å²) >= 11 is 0. The van der Waals surface area contributed by atoms with Gasteiger partial charge in [0.1, 0.15) is 12.2 Å². The average molecular weight is 366 g/mol.